The molecule has 35 heavy (non-hydrogen) atoms. The monoisotopic (exact) mass is 474 g/mol. The summed E-state index contributed by atoms with van der Waals surface area (Å²) in [6, 6.07) is 13.4. The Labute approximate surface area is 205 Å². The van der Waals surface area contributed by atoms with Crippen LogP contribution in [-0.2, 0) is 17.8 Å². The highest BCUT2D eigenvalue weighted by Crippen LogP contribution is 2.42. The molecule has 2 fully saturated rings. The summed E-state index contributed by atoms with van der Waals surface area (Å²) < 4.78 is 7.31. The topological polar surface area (TPSA) is 79.9 Å². The molecule has 0 aliphatic carbocycles. The molecule has 6 rings (SSSR count). The normalized spacial score (nSPS) is 26.4. The van der Waals surface area contributed by atoms with Gasteiger partial charge in [-0.2, -0.15) is 0 Å². The van der Waals surface area contributed by atoms with Gasteiger partial charge in [0, 0.05) is 75.8 Å². The molecular weight excluding hydrogens is 440 g/mol. The minimum Gasteiger partial charge on any atom is -0.378 e. The molecule has 2 N–H and O–H groups in total. The molecule has 3 aliphatic rings. The van der Waals surface area contributed by atoms with Crippen molar-refractivity contribution in [2.75, 3.05) is 43.1 Å². The predicted octanol–water partition coefficient (Wildman–Crippen LogP) is 2.34. The maximum absolute atomic E-state index is 12.9. The van der Waals surface area contributed by atoms with Crippen molar-refractivity contribution in [1.29, 1.82) is 0 Å². The summed E-state index contributed by atoms with van der Waals surface area (Å²) in [4.78, 5) is 24.8. The van der Waals surface area contributed by atoms with Gasteiger partial charge in [-0.05, 0) is 49.2 Å². The number of nitrogens with two attached hydrogens (primary N) is 1. The van der Waals surface area contributed by atoms with Gasteiger partial charge in [0.25, 0.3) is 5.56 Å². The van der Waals surface area contributed by atoms with Crippen LogP contribution >= 0.6 is 0 Å². The van der Waals surface area contributed by atoms with Crippen LogP contribution in [-0.4, -0.2) is 65.9 Å². The Morgan fingerprint density at radius 2 is 1.97 bits per heavy atom. The van der Waals surface area contributed by atoms with Crippen LogP contribution < -0.4 is 21.1 Å². The number of pyridine rings is 2. The van der Waals surface area contributed by atoms with Gasteiger partial charge in [-0.3, -0.25) is 14.3 Å². The maximum atomic E-state index is 12.9. The minimum atomic E-state index is 0.0124. The van der Waals surface area contributed by atoms with E-state index >= 15 is 0 Å². The Hall–Kier alpha value is -2.94. The van der Waals surface area contributed by atoms with Crippen molar-refractivity contribution < 1.29 is 4.74 Å². The molecule has 2 saturated heterocycles. The standard InChI is InChI=1S/C27H34N6O2/c1-4-32-26(34)11-23(21-6-5-9-29-27(21)32)31-12-17(2)33-13-18-10-19(7-8-20(18)24(33)15-31)30-14-22(28)25(16-30)35-3/h5-11,17,22,24-25H,4,12-16,28H2,1-3H3/t17-,22-,24-,25-/m1/s1. The Balaban J connectivity index is 1.32. The fourth-order valence-electron chi connectivity index (χ4n) is 6.32. The third kappa shape index (κ3) is 3.63. The molecule has 8 heteroatoms. The zero-order valence-electron chi connectivity index (χ0n) is 20.7. The van der Waals surface area contributed by atoms with Crippen molar-refractivity contribution in [3.63, 3.8) is 0 Å². The number of aryl methyl sites for hydroxylation is 1. The SMILES string of the molecule is CCn1c(=O)cc(N2C[C@@H](C)N3Cc4cc(N5C[C@@H](N)[C@H](OC)C5)ccc4[C@H]3C2)c2cccnc21. The highest BCUT2D eigenvalue weighted by molar-refractivity contribution is 5.89. The van der Waals surface area contributed by atoms with E-state index in [2.05, 4.69) is 50.9 Å². The smallest absolute Gasteiger partial charge is 0.254 e. The highest BCUT2D eigenvalue weighted by atomic mass is 16.5. The third-order valence-electron chi connectivity index (χ3n) is 8.16. The molecule has 1 aromatic carbocycles. The van der Waals surface area contributed by atoms with E-state index in [9.17, 15) is 4.79 Å². The van der Waals surface area contributed by atoms with Gasteiger partial charge in [-0.25, -0.2) is 4.98 Å². The van der Waals surface area contributed by atoms with E-state index in [1.165, 1.54) is 16.8 Å². The summed E-state index contributed by atoms with van der Waals surface area (Å²) in [6.07, 6.45) is 1.85. The van der Waals surface area contributed by atoms with Gasteiger partial charge < -0.3 is 20.3 Å². The van der Waals surface area contributed by atoms with Gasteiger partial charge in [0.05, 0.1) is 23.9 Å². The van der Waals surface area contributed by atoms with Crippen LogP contribution in [0.1, 0.15) is 31.0 Å². The number of nitrogens with zero attached hydrogens (tertiary/aromatic N) is 5. The van der Waals surface area contributed by atoms with E-state index in [0.717, 1.165) is 49.4 Å². The first-order chi connectivity index (χ1) is 17.0. The Morgan fingerprint density at radius 3 is 2.74 bits per heavy atom. The summed E-state index contributed by atoms with van der Waals surface area (Å²) in [6.45, 7) is 9.24. The maximum Gasteiger partial charge on any atom is 0.254 e. The zero-order chi connectivity index (χ0) is 24.3. The fraction of sp³-hybridized carbons (Fsp3) is 0.481. The van der Waals surface area contributed by atoms with Crippen LogP contribution in [0.25, 0.3) is 11.0 Å². The van der Waals surface area contributed by atoms with Gasteiger partial charge in [-0.1, -0.05) is 6.07 Å². The second kappa shape index (κ2) is 8.62. The number of hydrogen-bond acceptors (Lipinski definition) is 7. The number of piperazine rings is 1. The van der Waals surface area contributed by atoms with E-state index in [0.29, 0.717) is 18.6 Å². The van der Waals surface area contributed by atoms with Crippen LogP contribution in [0.15, 0.2) is 47.4 Å². The Kier molecular flexibility index (Phi) is 5.55. The van der Waals surface area contributed by atoms with E-state index in [1.807, 2.05) is 13.0 Å². The van der Waals surface area contributed by atoms with Crippen LogP contribution in [0.5, 0.6) is 0 Å². The molecule has 4 atom stereocenters. The first kappa shape index (κ1) is 22.5. The molecule has 0 spiro atoms. The lowest BCUT2D eigenvalue weighted by Gasteiger charge is -2.43. The van der Waals surface area contributed by atoms with Gasteiger partial charge in [0.2, 0.25) is 0 Å². The molecule has 184 valence electrons. The number of anilines is 2. The van der Waals surface area contributed by atoms with Crippen molar-refractivity contribution in [3.8, 4) is 0 Å². The lowest BCUT2D eigenvalue weighted by Crippen LogP contribution is -2.51. The summed E-state index contributed by atoms with van der Waals surface area (Å²) in [7, 11) is 1.74. The first-order valence-electron chi connectivity index (χ1n) is 12.6. The first-order valence-corrected chi connectivity index (χ1v) is 12.6. The van der Waals surface area contributed by atoms with Crippen molar-refractivity contribution in [2.45, 2.75) is 51.2 Å². The largest absolute Gasteiger partial charge is 0.378 e. The molecule has 0 bridgehead atoms. The van der Waals surface area contributed by atoms with Crippen molar-refractivity contribution in [1.82, 2.24) is 14.5 Å². The second-order valence-electron chi connectivity index (χ2n) is 10.2. The predicted molar refractivity (Wildman–Crippen MR) is 139 cm³/mol. The average molecular weight is 475 g/mol. The van der Waals surface area contributed by atoms with Gasteiger partial charge >= 0.3 is 0 Å². The van der Waals surface area contributed by atoms with Gasteiger partial charge in [-0.15, -0.1) is 0 Å². The molecule has 2 aromatic heterocycles. The summed E-state index contributed by atoms with van der Waals surface area (Å²) in [5.41, 5.74) is 12.1. The summed E-state index contributed by atoms with van der Waals surface area (Å²) in [5.74, 6) is 0. The summed E-state index contributed by atoms with van der Waals surface area (Å²) in [5, 5.41) is 1.04. The van der Waals surface area contributed by atoms with E-state index in [4.69, 9.17) is 10.5 Å². The molecule has 0 radical (unpaired) electrons. The third-order valence-corrected chi connectivity index (χ3v) is 8.16. The molecule has 3 aromatic rings. The van der Waals surface area contributed by atoms with Gasteiger partial charge in [0.15, 0.2) is 0 Å². The lowest BCUT2D eigenvalue weighted by atomic mass is 10.0. The van der Waals surface area contributed by atoms with E-state index in [-0.39, 0.29) is 17.7 Å². The lowest BCUT2D eigenvalue weighted by molar-refractivity contribution is 0.108. The Morgan fingerprint density at radius 1 is 1.11 bits per heavy atom. The molecule has 0 unspecified atom stereocenters. The molecule has 0 saturated carbocycles. The number of aromatic nitrogens is 2. The number of hydrogen-bond donors (Lipinski definition) is 1. The van der Waals surface area contributed by atoms with Crippen molar-refractivity contribution in [3.05, 3.63) is 64.1 Å². The van der Waals surface area contributed by atoms with Gasteiger partial charge in [0.1, 0.15) is 5.65 Å². The number of fused-ring (bicyclic) bond motifs is 4. The van der Waals surface area contributed by atoms with Crippen LogP contribution in [0.3, 0.4) is 0 Å². The fourth-order valence-corrected chi connectivity index (χ4v) is 6.32. The summed E-state index contributed by atoms with van der Waals surface area (Å²) >= 11 is 0. The van der Waals surface area contributed by atoms with Crippen molar-refractivity contribution >= 4 is 22.4 Å². The van der Waals surface area contributed by atoms with E-state index < -0.39 is 0 Å². The minimum absolute atomic E-state index is 0.0124. The van der Waals surface area contributed by atoms with Crippen molar-refractivity contribution in [2.24, 2.45) is 5.73 Å². The number of ether oxygens (including phenoxy) is 1. The van der Waals surface area contributed by atoms with E-state index in [1.54, 1.807) is 23.9 Å². The average Bonchev–Trinajstić information content (AvgIpc) is 3.43. The number of rotatable bonds is 4. The quantitative estimate of drug-likeness (QED) is 0.622. The number of benzene rings is 1. The molecule has 5 heterocycles. The molecular formula is C27H34N6O2. The highest BCUT2D eigenvalue weighted by Gasteiger charge is 2.40. The second-order valence-corrected chi connectivity index (χ2v) is 10.2. The molecule has 0 amide bonds. The zero-order valence-corrected chi connectivity index (χ0v) is 20.7. The van der Waals surface area contributed by atoms with Crippen LogP contribution in [0.2, 0.25) is 0 Å². The van der Waals surface area contributed by atoms with Crippen LogP contribution in [0, 0.1) is 0 Å². The molecule has 8 nitrogen and oxygen atoms in total. The number of methoxy groups -OCH3 is 1. The molecule has 3 aliphatic heterocycles. The Bertz CT molecular complexity index is 1320. The van der Waals surface area contributed by atoms with Crippen LogP contribution in [0.4, 0.5) is 11.4 Å².